The molecule has 0 aliphatic rings. The minimum atomic E-state index is -0.192. The summed E-state index contributed by atoms with van der Waals surface area (Å²) in [6.07, 6.45) is 0.368. The summed E-state index contributed by atoms with van der Waals surface area (Å²) in [6, 6.07) is 9.65. The van der Waals surface area contributed by atoms with Gasteiger partial charge in [0, 0.05) is 32.7 Å². The lowest BCUT2D eigenvalue weighted by Gasteiger charge is -2.19. The number of carbonyl (C=O) groups is 1. The molecule has 106 valence electrons. The van der Waals surface area contributed by atoms with Crippen molar-refractivity contribution >= 4 is 5.97 Å². The van der Waals surface area contributed by atoms with Gasteiger partial charge in [-0.2, -0.15) is 0 Å². The van der Waals surface area contributed by atoms with Gasteiger partial charge in [0.15, 0.2) is 0 Å². The van der Waals surface area contributed by atoms with E-state index in [1.165, 1.54) is 0 Å². The maximum atomic E-state index is 11.6. The molecule has 0 saturated heterocycles. The van der Waals surface area contributed by atoms with E-state index in [9.17, 15) is 4.79 Å². The number of hydrogen-bond donors (Lipinski definition) is 2. The molecule has 1 aromatic carbocycles. The number of nitrogens with two attached hydrogens (primary N) is 2. The molecule has 0 bridgehead atoms. The Balaban J connectivity index is 2.23. The van der Waals surface area contributed by atoms with E-state index >= 15 is 0 Å². The first-order chi connectivity index (χ1) is 9.26. The van der Waals surface area contributed by atoms with Crippen molar-refractivity contribution in [2.24, 2.45) is 11.5 Å². The van der Waals surface area contributed by atoms with Gasteiger partial charge in [0.1, 0.15) is 6.61 Å². The maximum Gasteiger partial charge on any atom is 0.307 e. The van der Waals surface area contributed by atoms with Crippen LogP contribution in [0.1, 0.15) is 12.0 Å². The average Bonchev–Trinajstić information content (AvgIpc) is 2.44. The lowest BCUT2D eigenvalue weighted by Crippen LogP contribution is -2.35. The summed E-state index contributed by atoms with van der Waals surface area (Å²) < 4.78 is 5.21. The number of nitrogens with zero attached hydrogens (tertiary/aromatic N) is 1. The van der Waals surface area contributed by atoms with E-state index in [-0.39, 0.29) is 5.97 Å². The van der Waals surface area contributed by atoms with Gasteiger partial charge in [0.25, 0.3) is 0 Å². The van der Waals surface area contributed by atoms with E-state index in [1.807, 2.05) is 30.3 Å². The minimum absolute atomic E-state index is 0.192. The van der Waals surface area contributed by atoms with Crippen molar-refractivity contribution in [1.29, 1.82) is 0 Å². The van der Waals surface area contributed by atoms with Crippen LogP contribution in [0.4, 0.5) is 0 Å². The highest BCUT2D eigenvalue weighted by Gasteiger charge is 2.08. The van der Waals surface area contributed by atoms with Crippen molar-refractivity contribution in [3.8, 4) is 0 Å². The van der Waals surface area contributed by atoms with Crippen LogP contribution in [0.3, 0.4) is 0 Å². The average molecular weight is 265 g/mol. The van der Waals surface area contributed by atoms with Crippen molar-refractivity contribution in [3.05, 3.63) is 35.9 Å². The van der Waals surface area contributed by atoms with Crippen molar-refractivity contribution in [3.63, 3.8) is 0 Å². The molecule has 0 aromatic heterocycles. The van der Waals surface area contributed by atoms with Crippen LogP contribution in [0.2, 0.25) is 0 Å². The van der Waals surface area contributed by atoms with Crippen LogP contribution < -0.4 is 11.5 Å². The number of carbonyl (C=O) groups excluding carboxylic acids is 1. The third-order valence-electron chi connectivity index (χ3n) is 2.77. The van der Waals surface area contributed by atoms with E-state index in [0.29, 0.717) is 32.7 Å². The highest BCUT2D eigenvalue weighted by atomic mass is 16.5. The second-order valence-electron chi connectivity index (χ2n) is 4.32. The van der Waals surface area contributed by atoms with Crippen LogP contribution in [0.5, 0.6) is 0 Å². The highest BCUT2D eigenvalue weighted by molar-refractivity contribution is 5.69. The third-order valence-corrected chi connectivity index (χ3v) is 2.77. The van der Waals surface area contributed by atoms with Crippen molar-refractivity contribution in [2.45, 2.75) is 13.0 Å². The van der Waals surface area contributed by atoms with Gasteiger partial charge < -0.3 is 21.1 Å². The molecule has 0 amide bonds. The molecule has 0 heterocycles. The Hall–Kier alpha value is -1.43. The van der Waals surface area contributed by atoms with Gasteiger partial charge in [-0.3, -0.25) is 4.79 Å². The van der Waals surface area contributed by atoms with Gasteiger partial charge >= 0.3 is 5.97 Å². The van der Waals surface area contributed by atoms with Gasteiger partial charge in [-0.15, -0.1) is 0 Å². The molecule has 0 saturated carbocycles. The number of ether oxygens (including phenoxy) is 1. The van der Waals surface area contributed by atoms with Crippen molar-refractivity contribution in [1.82, 2.24) is 4.90 Å². The number of rotatable bonds is 9. The SMILES string of the molecule is NCCN(CCN)CCC(=O)OCc1ccccc1. The Morgan fingerprint density at radius 1 is 1.05 bits per heavy atom. The summed E-state index contributed by atoms with van der Waals surface area (Å²) in [5.74, 6) is -0.192. The molecule has 1 aromatic rings. The number of benzene rings is 1. The molecule has 1 rings (SSSR count). The van der Waals surface area contributed by atoms with Crippen LogP contribution in [0.15, 0.2) is 30.3 Å². The van der Waals surface area contributed by atoms with E-state index in [4.69, 9.17) is 16.2 Å². The van der Waals surface area contributed by atoms with Crippen molar-refractivity contribution in [2.75, 3.05) is 32.7 Å². The predicted octanol–water partition coefficient (Wildman–Crippen LogP) is 0.339. The molecule has 0 unspecified atom stereocenters. The van der Waals surface area contributed by atoms with Gasteiger partial charge in [-0.25, -0.2) is 0 Å². The molecule has 19 heavy (non-hydrogen) atoms. The molecule has 0 aliphatic carbocycles. The predicted molar refractivity (Wildman–Crippen MR) is 75.4 cm³/mol. The Morgan fingerprint density at radius 3 is 2.26 bits per heavy atom. The Labute approximate surface area is 114 Å². The fraction of sp³-hybridized carbons (Fsp3) is 0.500. The number of hydrogen-bond acceptors (Lipinski definition) is 5. The van der Waals surface area contributed by atoms with Crippen LogP contribution in [-0.2, 0) is 16.1 Å². The first kappa shape index (κ1) is 15.6. The molecular formula is C14H23N3O2. The van der Waals surface area contributed by atoms with Gasteiger partial charge in [0.05, 0.1) is 6.42 Å². The molecular weight excluding hydrogens is 242 g/mol. The zero-order valence-corrected chi connectivity index (χ0v) is 11.3. The monoisotopic (exact) mass is 265 g/mol. The summed E-state index contributed by atoms with van der Waals surface area (Å²) >= 11 is 0. The highest BCUT2D eigenvalue weighted by Crippen LogP contribution is 2.02. The zero-order chi connectivity index (χ0) is 13.9. The second kappa shape index (κ2) is 9.49. The smallest absolute Gasteiger partial charge is 0.307 e. The summed E-state index contributed by atoms with van der Waals surface area (Å²) in [5, 5.41) is 0. The van der Waals surface area contributed by atoms with Crippen molar-refractivity contribution < 1.29 is 9.53 Å². The normalized spacial score (nSPS) is 10.7. The molecule has 5 nitrogen and oxygen atoms in total. The van der Waals surface area contributed by atoms with E-state index < -0.39 is 0 Å². The molecule has 0 fully saturated rings. The Kier molecular flexibility index (Phi) is 7.81. The maximum absolute atomic E-state index is 11.6. The zero-order valence-electron chi connectivity index (χ0n) is 11.3. The Bertz CT molecular complexity index is 351. The van der Waals surface area contributed by atoms with E-state index in [0.717, 1.165) is 18.7 Å². The quantitative estimate of drug-likeness (QED) is 0.629. The first-order valence-electron chi connectivity index (χ1n) is 6.58. The molecule has 0 radical (unpaired) electrons. The van der Waals surface area contributed by atoms with Crippen LogP contribution in [0.25, 0.3) is 0 Å². The topological polar surface area (TPSA) is 81.6 Å². The molecule has 0 spiro atoms. The van der Waals surface area contributed by atoms with Gasteiger partial charge in [-0.1, -0.05) is 30.3 Å². The Morgan fingerprint density at radius 2 is 1.68 bits per heavy atom. The lowest BCUT2D eigenvalue weighted by molar-refractivity contribution is -0.145. The van der Waals surface area contributed by atoms with Crippen LogP contribution in [-0.4, -0.2) is 43.6 Å². The first-order valence-corrected chi connectivity index (χ1v) is 6.58. The summed E-state index contributed by atoms with van der Waals surface area (Å²) in [4.78, 5) is 13.7. The van der Waals surface area contributed by atoms with Crippen LogP contribution in [0, 0.1) is 0 Å². The van der Waals surface area contributed by atoms with Gasteiger partial charge in [-0.05, 0) is 5.56 Å². The fourth-order valence-corrected chi connectivity index (χ4v) is 1.76. The fourth-order valence-electron chi connectivity index (χ4n) is 1.76. The molecule has 4 N–H and O–H groups in total. The molecule has 5 heteroatoms. The summed E-state index contributed by atoms with van der Waals surface area (Å²) in [5.41, 5.74) is 12.0. The van der Waals surface area contributed by atoms with E-state index in [1.54, 1.807) is 0 Å². The van der Waals surface area contributed by atoms with Crippen LogP contribution >= 0.6 is 0 Å². The second-order valence-corrected chi connectivity index (χ2v) is 4.32. The van der Waals surface area contributed by atoms with Gasteiger partial charge in [0.2, 0.25) is 0 Å². The summed E-state index contributed by atoms with van der Waals surface area (Å²) in [7, 11) is 0. The van der Waals surface area contributed by atoms with E-state index in [2.05, 4.69) is 4.90 Å². The lowest BCUT2D eigenvalue weighted by atomic mass is 10.2. The third kappa shape index (κ3) is 6.91. The molecule has 0 aliphatic heterocycles. The number of esters is 1. The largest absolute Gasteiger partial charge is 0.461 e. The standard InChI is InChI=1S/C14H23N3O2/c15-7-10-17(11-8-16)9-6-14(18)19-12-13-4-2-1-3-5-13/h1-5H,6-12,15-16H2. The minimum Gasteiger partial charge on any atom is -0.461 e. The molecule has 0 atom stereocenters. The summed E-state index contributed by atoms with van der Waals surface area (Å²) in [6.45, 7) is 3.61.